The fraction of sp³-hybridized carbons (Fsp3) is 0.143. The Hall–Kier alpha value is -1.75. The zero-order chi connectivity index (χ0) is 13.8. The third kappa shape index (κ3) is 3.17. The van der Waals surface area contributed by atoms with Gasteiger partial charge in [0.15, 0.2) is 0 Å². The van der Waals surface area contributed by atoms with Crippen molar-refractivity contribution in [2.75, 3.05) is 12.4 Å². The molecule has 0 bridgehead atoms. The quantitative estimate of drug-likeness (QED) is 0.895. The minimum absolute atomic E-state index is 0.140. The molecule has 0 heterocycles. The van der Waals surface area contributed by atoms with Crippen LogP contribution in [0, 0.1) is 5.82 Å². The second-order valence-corrected chi connectivity index (χ2v) is 4.80. The lowest BCUT2D eigenvalue weighted by Gasteiger charge is -2.11. The number of halogens is 2. The number of hydrogen-bond donors (Lipinski definition) is 2. The Labute approximate surface area is 119 Å². The van der Waals surface area contributed by atoms with Crippen LogP contribution in [0.5, 0.6) is 11.5 Å². The van der Waals surface area contributed by atoms with E-state index < -0.39 is 0 Å². The van der Waals surface area contributed by atoms with Gasteiger partial charge in [-0.3, -0.25) is 0 Å². The van der Waals surface area contributed by atoms with Crippen LogP contribution in [-0.4, -0.2) is 12.2 Å². The predicted octanol–water partition coefficient (Wildman–Crippen LogP) is 3.91. The lowest BCUT2D eigenvalue weighted by Crippen LogP contribution is -2.02. The van der Waals surface area contributed by atoms with Gasteiger partial charge < -0.3 is 15.2 Å². The third-order valence-corrected chi connectivity index (χ3v) is 3.37. The van der Waals surface area contributed by atoms with E-state index in [1.165, 1.54) is 6.07 Å². The molecule has 0 radical (unpaired) electrons. The lowest BCUT2D eigenvalue weighted by atomic mass is 10.2. The summed E-state index contributed by atoms with van der Waals surface area (Å²) >= 11 is 3.28. The van der Waals surface area contributed by atoms with Gasteiger partial charge in [0.05, 0.1) is 12.8 Å². The Morgan fingerprint density at radius 1 is 1.32 bits per heavy atom. The van der Waals surface area contributed by atoms with Crippen LogP contribution in [0.25, 0.3) is 0 Å². The van der Waals surface area contributed by atoms with Crippen LogP contribution in [0.1, 0.15) is 5.56 Å². The van der Waals surface area contributed by atoms with E-state index in [0.717, 1.165) is 0 Å². The number of methoxy groups -OCH3 is 1. The summed E-state index contributed by atoms with van der Waals surface area (Å²) in [5.41, 5.74) is 0.999. The number of anilines is 1. The van der Waals surface area contributed by atoms with Gasteiger partial charge in [0.1, 0.15) is 17.3 Å². The largest absolute Gasteiger partial charge is 0.508 e. The van der Waals surface area contributed by atoms with Crippen LogP contribution in [-0.2, 0) is 6.54 Å². The molecule has 3 nitrogen and oxygen atoms in total. The summed E-state index contributed by atoms with van der Waals surface area (Å²) in [7, 11) is 1.55. The van der Waals surface area contributed by atoms with Crippen molar-refractivity contribution in [3.63, 3.8) is 0 Å². The zero-order valence-electron chi connectivity index (χ0n) is 10.3. The molecule has 19 heavy (non-hydrogen) atoms. The minimum Gasteiger partial charge on any atom is -0.508 e. The van der Waals surface area contributed by atoms with Crippen molar-refractivity contribution in [2.45, 2.75) is 6.54 Å². The number of nitrogens with one attached hydrogen (secondary N) is 1. The van der Waals surface area contributed by atoms with Crippen molar-refractivity contribution in [1.29, 1.82) is 0 Å². The molecule has 2 aromatic carbocycles. The van der Waals surface area contributed by atoms with Crippen LogP contribution < -0.4 is 10.1 Å². The maximum Gasteiger partial charge on any atom is 0.147 e. The molecule has 2 N–H and O–H groups in total. The molecule has 0 aliphatic rings. The molecule has 2 aromatic rings. The number of aromatic hydroxyl groups is 1. The van der Waals surface area contributed by atoms with Crippen molar-refractivity contribution in [2.24, 2.45) is 0 Å². The van der Waals surface area contributed by atoms with Gasteiger partial charge in [0, 0.05) is 16.6 Å². The second kappa shape index (κ2) is 5.93. The molecular weight excluding hydrogens is 313 g/mol. The first-order valence-electron chi connectivity index (χ1n) is 5.65. The number of rotatable bonds is 4. The Kier molecular flexibility index (Phi) is 4.27. The third-order valence-electron chi connectivity index (χ3n) is 2.71. The average Bonchev–Trinajstić information content (AvgIpc) is 2.40. The summed E-state index contributed by atoms with van der Waals surface area (Å²) in [6.07, 6.45) is 0. The summed E-state index contributed by atoms with van der Waals surface area (Å²) < 4.78 is 19.3. The maximum absolute atomic E-state index is 13.6. The first kappa shape index (κ1) is 13.7. The summed E-state index contributed by atoms with van der Waals surface area (Å²) in [5.74, 6) is 0.430. The fourth-order valence-electron chi connectivity index (χ4n) is 1.68. The fourth-order valence-corrected chi connectivity index (χ4v) is 2.16. The summed E-state index contributed by atoms with van der Waals surface area (Å²) in [4.78, 5) is 0. The van der Waals surface area contributed by atoms with Crippen LogP contribution in [0.4, 0.5) is 10.1 Å². The number of ether oxygens (including phenoxy) is 1. The van der Waals surface area contributed by atoms with Crippen molar-refractivity contribution >= 4 is 21.6 Å². The van der Waals surface area contributed by atoms with Crippen molar-refractivity contribution < 1.29 is 14.2 Å². The molecule has 0 aliphatic heterocycles. The highest BCUT2D eigenvalue weighted by Gasteiger charge is 2.08. The minimum atomic E-state index is -0.350. The molecule has 100 valence electrons. The number of phenolic OH excluding ortho intramolecular Hbond substituents is 1. The molecule has 0 spiro atoms. The van der Waals surface area contributed by atoms with E-state index in [-0.39, 0.29) is 11.6 Å². The van der Waals surface area contributed by atoms with E-state index >= 15 is 0 Å². The molecule has 2 rings (SSSR count). The number of para-hydroxylation sites is 1. The highest BCUT2D eigenvalue weighted by Crippen LogP contribution is 2.28. The maximum atomic E-state index is 13.6. The summed E-state index contributed by atoms with van der Waals surface area (Å²) in [6.45, 7) is 0.294. The van der Waals surface area contributed by atoms with E-state index in [9.17, 15) is 9.50 Å². The molecule has 0 amide bonds. The van der Waals surface area contributed by atoms with Crippen molar-refractivity contribution in [3.8, 4) is 11.5 Å². The molecular formula is C14H13BrFNO2. The Morgan fingerprint density at radius 2 is 2.11 bits per heavy atom. The Bertz CT molecular complexity index is 569. The molecule has 0 unspecified atom stereocenters. The monoisotopic (exact) mass is 325 g/mol. The SMILES string of the molecule is COc1ccc(O)c(CNc2c(F)cccc2Br)c1. The summed E-state index contributed by atoms with van der Waals surface area (Å²) in [6, 6.07) is 9.66. The molecule has 0 saturated carbocycles. The zero-order valence-corrected chi connectivity index (χ0v) is 11.9. The molecule has 0 aliphatic carbocycles. The number of benzene rings is 2. The highest BCUT2D eigenvalue weighted by molar-refractivity contribution is 9.10. The normalized spacial score (nSPS) is 10.3. The number of hydrogen-bond acceptors (Lipinski definition) is 3. The van der Waals surface area contributed by atoms with Gasteiger partial charge in [0.2, 0.25) is 0 Å². The van der Waals surface area contributed by atoms with Crippen LogP contribution in [0.15, 0.2) is 40.9 Å². The first-order chi connectivity index (χ1) is 9.11. The lowest BCUT2D eigenvalue weighted by molar-refractivity contribution is 0.411. The van der Waals surface area contributed by atoms with Gasteiger partial charge in [0.25, 0.3) is 0 Å². The predicted molar refractivity (Wildman–Crippen MR) is 76.1 cm³/mol. The van der Waals surface area contributed by atoms with E-state index in [1.54, 1.807) is 37.4 Å². The van der Waals surface area contributed by atoms with Gasteiger partial charge in [-0.1, -0.05) is 6.07 Å². The van der Waals surface area contributed by atoms with Gasteiger partial charge in [-0.05, 0) is 46.3 Å². The summed E-state index contributed by atoms with van der Waals surface area (Å²) in [5, 5.41) is 12.7. The van der Waals surface area contributed by atoms with E-state index in [0.29, 0.717) is 28.0 Å². The molecule has 0 saturated heterocycles. The van der Waals surface area contributed by atoms with Crippen molar-refractivity contribution in [3.05, 3.63) is 52.3 Å². The van der Waals surface area contributed by atoms with Gasteiger partial charge in [-0.25, -0.2) is 4.39 Å². The Balaban J connectivity index is 2.19. The highest BCUT2D eigenvalue weighted by atomic mass is 79.9. The van der Waals surface area contributed by atoms with Crippen LogP contribution >= 0.6 is 15.9 Å². The van der Waals surface area contributed by atoms with Gasteiger partial charge in [-0.2, -0.15) is 0 Å². The molecule has 0 fully saturated rings. The number of phenols is 1. The molecule has 0 aromatic heterocycles. The van der Waals surface area contributed by atoms with E-state index in [2.05, 4.69) is 21.2 Å². The smallest absolute Gasteiger partial charge is 0.147 e. The van der Waals surface area contributed by atoms with Gasteiger partial charge in [-0.15, -0.1) is 0 Å². The van der Waals surface area contributed by atoms with Gasteiger partial charge >= 0.3 is 0 Å². The van der Waals surface area contributed by atoms with Crippen molar-refractivity contribution in [1.82, 2.24) is 0 Å². The topological polar surface area (TPSA) is 41.5 Å². The van der Waals surface area contributed by atoms with Crippen LogP contribution in [0.2, 0.25) is 0 Å². The second-order valence-electron chi connectivity index (χ2n) is 3.94. The molecule has 5 heteroatoms. The van der Waals surface area contributed by atoms with E-state index in [1.807, 2.05) is 0 Å². The average molecular weight is 326 g/mol. The van der Waals surface area contributed by atoms with E-state index in [4.69, 9.17) is 4.74 Å². The van der Waals surface area contributed by atoms with Crippen LogP contribution in [0.3, 0.4) is 0 Å². The Morgan fingerprint density at radius 3 is 2.79 bits per heavy atom. The first-order valence-corrected chi connectivity index (χ1v) is 6.45. The standard InChI is InChI=1S/C14H13BrFNO2/c1-19-10-5-6-13(18)9(7-10)8-17-14-11(15)3-2-4-12(14)16/h2-7,17-18H,8H2,1H3. The molecule has 0 atom stereocenters.